The van der Waals surface area contributed by atoms with Gasteiger partial charge in [0.2, 0.25) is 0 Å². The van der Waals surface area contributed by atoms with Gasteiger partial charge in [-0.2, -0.15) is 12.5 Å². The van der Waals surface area contributed by atoms with Gasteiger partial charge in [-0.15, -0.1) is 5.10 Å². The number of nitrogens with zero attached hydrogens (tertiary/aromatic N) is 4. The Morgan fingerprint density at radius 2 is 1.84 bits per heavy atom. The Hall–Kier alpha value is -2.59. The highest BCUT2D eigenvalue weighted by Gasteiger charge is 2.25. The molecule has 0 radical (unpaired) electrons. The summed E-state index contributed by atoms with van der Waals surface area (Å²) in [5.74, 6) is 0.0748. The number of methoxy groups -OCH3 is 1. The highest BCUT2D eigenvalue weighted by Crippen LogP contribution is 2.28. The van der Waals surface area contributed by atoms with Crippen LogP contribution in [0, 0.1) is 0 Å². The fourth-order valence-corrected chi connectivity index (χ4v) is 3.95. The Kier molecular flexibility index (Phi) is 3.96. The second-order valence-corrected chi connectivity index (χ2v) is 7.45. The quantitative estimate of drug-likeness (QED) is 0.644. The summed E-state index contributed by atoms with van der Waals surface area (Å²) in [4.78, 5) is 24.0. The van der Waals surface area contributed by atoms with E-state index in [1.165, 1.54) is 39.4 Å². The number of ether oxygens (including phenoxy) is 1. The van der Waals surface area contributed by atoms with Crippen molar-refractivity contribution in [3.8, 4) is 5.75 Å². The summed E-state index contributed by atoms with van der Waals surface area (Å²) >= 11 is 5.89. The second kappa shape index (κ2) is 5.74. The molecule has 132 valence electrons. The van der Waals surface area contributed by atoms with Crippen LogP contribution < -0.4 is 16.0 Å². The van der Waals surface area contributed by atoms with Crippen LogP contribution >= 0.6 is 11.6 Å². The Labute approximate surface area is 146 Å². The van der Waals surface area contributed by atoms with Crippen molar-refractivity contribution in [2.45, 2.75) is 4.90 Å². The maximum Gasteiger partial charge on any atom is 0.332 e. The number of benzene rings is 1. The number of rotatable bonds is 3. The molecular weight excluding hydrogens is 372 g/mol. The van der Waals surface area contributed by atoms with Crippen molar-refractivity contribution >= 4 is 32.7 Å². The summed E-state index contributed by atoms with van der Waals surface area (Å²) < 4.78 is 33.5. The molecule has 0 aliphatic heterocycles. The van der Waals surface area contributed by atoms with Crippen molar-refractivity contribution < 1.29 is 13.2 Å². The molecule has 0 fully saturated rings. The molecule has 0 amide bonds. The molecule has 0 unspecified atom stereocenters. The van der Waals surface area contributed by atoms with Crippen LogP contribution in [0.2, 0.25) is 5.02 Å². The van der Waals surface area contributed by atoms with E-state index in [-0.39, 0.29) is 26.7 Å². The molecule has 0 saturated carbocycles. The van der Waals surface area contributed by atoms with E-state index in [2.05, 4.69) is 5.10 Å². The topological polar surface area (TPSA) is 105 Å². The predicted octanol–water partition coefficient (Wildman–Crippen LogP) is 0.333. The smallest absolute Gasteiger partial charge is 0.332 e. The van der Waals surface area contributed by atoms with E-state index >= 15 is 0 Å². The molecule has 1 aromatic carbocycles. The molecule has 11 heteroatoms. The van der Waals surface area contributed by atoms with E-state index in [9.17, 15) is 18.0 Å². The van der Waals surface area contributed by atoms with Gasteiger partial charge in [-0.05, 0) is 18.2 Å². The Bertz CT molecular complexity index is 1220. The molecule has 0 spiro atoms. The number of halogens is 1. The van der Waals surface area contributed by atoms with Crippen LogP contribution in [-0.2, 0) is 24.1 Å². The maximum atomic E-state index is 12.9. The van der Waals surface area contributed by atoms with Crippen LogP contribution in [0.5, 0.6) is 5.75 Å². The van der Waals surface area contributed by atoms with Gasteiger partial charge in [0.15, 0.2) is 5.65 Å². The minimum Gasteiger partial charge on any atom is -0.495 e. The van der Waals surface area contributed by atoms with Crippen molar-refractivity contribution in [2.75, 3.05) is 7.11 Å². The summed E-state index contributed by atoms with van der Waals surface area (Å²) in [6.45, 7) is 0. The number of fused-ring (bicyclic) bond motifs is 1. The summed E-state index contributed by atoms with van der Waals surface area (Å²) in [6.07, 6.45) is 1.06. The molecule has 0 saturated heterocycles. The lowest BCUT2D eigenvalue weighted by molar-refractivity contribution is 0.402. The molecule has 0 aliphatic carbocycles. The normalized spacial score (nSPS) is 11.8. The van der Waals surface area contributed by atoms with Crippen LogP contribution in [0.1, 0.15) is 0 Å². The van der Waals surface area contributed by atoms with E-state index in [0.717, 1.165) is 15.3 Å². The molecule has 2 aromatic heterocycles. The van der Waals surface area contributed by atoms with Gasteiger partial charge < -0.3 is 4.74 Å². The van der Waals surface area contributed by atoms with Crippen LogP contribution in [0.25, 0.3) is 11.0 Å². The first-order valence-corrected chi connectivity index (χ1v) is 8.75. The van der Waals surface area contributed by atoms with E-state index in [0.29, 0.717) is 4.09 Å². The number of hydrogen-bond acceptors (Lipinski definition) is 6. The molecule has 0 N–H and O–H groups in total. The van der Waals surface area contributed by atoms with Crippen molar-refractivity contribution in [1.82, 2.24) is 18.3 Å². The van der Waals surface area contributed by atoms with Gasteiger partial charge in [0.05, 0.1) is 13.3 Å². The minimum atomic E-state index is -4.19. The third-order valence-corrected chi connectivity index (χ3v) is 5.54. The molecule has 0 bridgehead atoms. The van der Waals surface area contributed by atoms with Crippen LogP contribution in [0.4, 0.5) is 0 Å². The fourth-order valence-electron chi connectivity index (χ4n) is 2.40. The van der Waals surface area contributed by atoms with Gasteiger partial charge in [0, 0.05) is 19.1 Å². The number of aromatic nitrogens is 4. The minimum absolute atomic E-state index is 0.00540. The summed E-state index contributed by atoms with van der Waals surface area (Å²) in [6, 6.07) is 4.12. The predicted molar refractivity (Wildman–Crippen MR) is 90.8 cm³/mol. The summed E-state index contributed by atoms with van der Waals surface area (Å²) in [5, 5.41) is 4.10. The molecule has 0 atom stereocenters. The first-order chi connectivity index (χ1) is 11.7. The highest BCUT2D eigenvalue weighted by molar-refractivity contribution is 7.90. The lowest BCUT2D eigenvalue weighted by Crippen LogP contribution is -2.36. The number of aryl methyl sites for hydroxylation is 1. The van der Waals surface area contributed by atoms with Gasteiger partial charge in [-0.1, -0.05) is 11.6 Å². The monoisotopic (exact) mass is 384 g/mol. The summed E-state index contributed by atoms with van der Waals surface area (Å²) in [7, 11) is -0.174. The van der Waals surface area contributed by atoms with Crippen LogP contribution in [0.15, 0.2) is 38.9 Å². The third kappa shape index (κ3) is 2.53. The van der Waals surface area contributed by atoms with Gasteiger partial charge in [0.25, 0.3) is 15.6 Å². The van der Waals surface area contributed by atoms with Crippen molar-refractivity contribution in [1.29, 1.82) is 0 Å². The average Bonchev–Trinajstić information content (AvgIpc) is 3.04. The zero-order valence-corrected chi connectivity index (χ0v) is 15.0. The lowest BCUT2D eigenvalue weighted by atomic mass is 10.3. The van der Waals surface area contributed by atoms with E-state index in [1.807, 2.05) is 0 Å². The molecule has 25 heavy (non-hydrogen) atoms. The molecule has 2 heterocycles. The van der Waals surface area contributed by atoms with Crippen LogP contribution in [-0.4, -0.2) is 33.8 Å². The van der Waals surface area contributed by atoms with E-state index in [4.69, 9.17) is 16.3 Å². The average molecular weight is 385 g/mol. The molecular formula is C14H13ClN4O5S. The Morgan fingerprint density at radius 3 is 2.48 bits per heavy atom. The summed E-state index contributed by atoms with van der Waals surface area (Å²) in [5.41, 5.74) is -1.30. The molecule has 9 nitrogen and oxygen atoms in total. The highest BCUT2D eigenvalue weighted by atomic mass is 35.5. The first-order valence-electron chi connectivity index (χ1n) is 6.93. The van der Waals surface area contributed by atoms with Crippen molar-refractivity contribution in [3.63, 3.8) is 0 Å². The van der Waals surface area contributed by atoms with Gasteiger partial charge >= 0.3 is 5.69 Å². The lowest BCUT2D eigenvalue weighted by Gasteiger charge is -2.09. The zero-order valence-electron chi connectivity index (χ0n) is 13.4. The number of hydrogen-bond donors (Lipinski definition) is 0. The first kappa shape index (κ1) is 17.2. The van der Waals surface area contributed by atoms with E-state index in [1.54, 1.807) is 0 Å². The molecule has 3 aromatic rings. The third-order valence-electron chi connectivity index (χ3n) is 3.75. The van der Waals surface area contributed by atoms with Gasteiger partial charge in [-0.25, -0.2) is 4.79 Å². The van der Waals surface area contributed by atoms with Gasteiger partial charge in [0.1, 0.15) is 16.0 Å². The largest absolute Gasteiger partial charge is 0.495 e. The fraction of sp³-hybridized carbons (Fsp3) is 0.214. The Morgan fingerprint density at radius 1 is 1.16 bits per heavy atom. The SMILES string of the molecule is COc1ccc(Cl)cc1S(=O)(=O)n1cc2c(=O)n(C)c(=O)n(C)c2n1. The second-order valence-electron chi connectivity index (χ2n) is 5.24. The zero-order chi connectivity index (χ0) is 18.5. The molecule has 3 rings (SSSR count). The Balaban J connectivity index is 2.35. The maximum absolute atomic E-state index is 12.9. The standard InChI is InChI=1S/C14H13ClN4O5S/c1-17-12-9(13(20)18(2)14(17)21)7-19(16-12)25(22,23)11-6-8(15)4-5-10(11)24-3/h4-7H,1-3H3. The van der Waals surface area contributed by atoms with Crippen molar-refractivity contribution in [2.24, 2.45) is 14.1 Å². The van der Waals surface area contributed by atoms with Gasteiger partial charge in [-0.3, -0.25) is 13.9 Å². The van der Waals surface area contributed by atoms with E-state index < -0.39 is 21.3 Å². The molecule has 0 aliphatic rings. The van der Waals surface area contributed by atoms with Crippen molar-refractivity contribution in [3.05, 3.63) is 50.3 Å². The van der Waals surface area contributed by atoms with Crippen LogP contribution in [0.3, 0.4) is 0 Å².